The van der Waals surface area contributed by atoms with E-state index in [-0.39, 0.29) is 5.91 Å². The Morgan fingerprint density at radius 2 is 1.79 bits per heavy atom. The SMILES string of the molecule is Cc1ccc(NC(=O)c2ccc3c(c2)nc(NCCCCNC(=O)OC(C)(C)C)c2nnc(C)n23)c(N)c1. The molecule has 0 saturated carbocycles. The monoisotopic (exact) mass is 518 g/mol. The highest BCUT2D eigenvalue weighted by atomic mass is 16.6. The van der Waals surface area contributed by atoms with Gasteiger partial charge in [-0.25, -0.2) is 9.78 Å². The number of nitrogens with two attached hydrogens (primary N) is 1. The maximum atomic E-state index is 13.0. The van der Waals surface area contributed by atoms with Crippen LogP contribution in [0.2, 0.25) is 0 Å². The highest BCUT2D eigenvalue weighted by Crippen LogP contribution is 2.24. The number of ether oxygens (including phenoxy) is 1. The lowest BCUT2D eigenvalue weighted by molar-refractivity contribution is 0.0527. The molecule has 0 aliphatic carbocycles. The van der Waals surface area contributed by atoms with Crippen LogP contribution < -0.4 is 21.7 Å². The van der Waals surface area contributed by atoms with Crippen molar-refractivity contribution in [1.29, 1.82) is 0 Å². The number of hydrogen-bond acceptors (Lipinski definition) is 8. The molecule has 0 unspecified atom stereocenters. The topological polar surface area (TPSA) is 149 Å². The fraction of sp³-hybridized carbons (Fsp3) is 0.370. The summed E-state index contributed by atoms with van der Waals surface area (Å²) in [6, 6.07) is 10.8. The van der Waals surface area contributed by atoms with E-state index in [0.29, 0.717) is 52.8 Å². The van der Waals surface area contributed by atoms with Gasteiger partial charge in [-0.2, -0.15) is 0 Å². The molecule has 5 N–H and O–H groups in total. The highest BCUT2D eigenvalue weighted by Gasteiger charge is 2.17. The molecule has 0 bridgehead atoms. The van der Waals surface area contributed by atoms with Crippen molar-refractivity contribution in [2.75, 3.05) is 29.5 Å². The first-order valence-corrected chi connectivity index (χ1v) is 12.6. The van der Waals surface area contributed by atoms with Crippen LogP contribution in [0.4, 0.5) is 22.0 Å². The quantitative estimate of drug-likeness (QED) is 0.198. The second-order valence-corrected chi connectivity index (χ2v) is 10.2. The van der Waals surface area contributed by atoms with Crippen molar-refractivity contribution in [2.45, 2.75) is 53.1 Å². The van der Waals surface area contributed by atoms with Crippen molar-refractivity contribution in [3.05, 3.63) is 53.3 Å². The summed E-state index contributed by atoms with van der Waals surface area (Å²) in [7, 11) is 0. The van der Waals surface area contributed by atoms with Crippen LogP contribution in [0.25, 0.3) is 16.7 Å². The molecule has 2 heterocycles. The molecule has 4 aromatic rings. The molecule has 38 heavy (non-hydrogen) atoms. The normalized spacial score (nSPS) is 11.5. The second-order valence-electron chi connectivity index (χ2n) is 10.2. The molecule has 200 valence electrons. The number of rotatable bonds is 8. The zero-order valence-electron chi connectivity index (χ0n) is 22.4. The summed E-state index contributed by atoms with van der Waals surface area (Å²) >= 11 is 0. The smallest absolute Gasteiger partial charge is 0.407 e. The van der Waals surface area contributed by atoms with Gasteiger partial charge in [0.15, 0.2) is 5.82 Å². The van der Waals surface area contributed by atoms with Gasteiger partial charge >= 0.3 is 6.09 Å². The molecule has 2 aromatic heterocycles. The molecule has 0 aliphatic rings. The molecule has 0 atom stereocenters. The Hall–Kier alpha value is -4.41. The van der Waals surface area contributed by atoms with E-state index in [1.54, 1.807) is 18.2 Å². The Kier molecular flexibility index (Phi) is 7.65. The Balaban J connectivity index is 1.46. The van der Waals surface area contributed by atoms with Gasteiger partial charge in [0.25, 0.3) is 5.91 Å². The van der Waals surface area contributed by atoms with Gasteiger partial charge in [0.1, 0.15) is 11.4 Å². The first-order chi connectivity index (χ1) is 18.0. The maximum Gasteiger partial charge on any atom is 0.407 e. The zero-order valence-corrected chi connectivity index (χ0v) is 22.4. The van der Waals surface area contributed by atoms with Crippen molar-refractivity contribution in [3.8, 4) is 0 Å². The standard InChI is InChI=1S/C27H34N8O3/c1-16-8-10-20(19(28)14-16)32-25(36)18-9-11-22-21(15-18)31-23(24-34-33-17(2)35(22)24)29-12-6-7-13-30-26(37)38-27(3,4)5/h8-11,14-15H,6-7,12-13,28H2,1-5H3,(H,29,31)(H,30,37)(H,32,36). The van der Waals surface area contributed by atoms with Crippen molar-refractivity contribution in [1.82, 2.24) is 24.9 Å². The van der Waals surface area contributed by atoms with Crippen LogP contribution in [0.1, 0.15) is 55.4 Å². The van der Waals surface area contributed by atoms with E-state index in [1.165, 1.54) is 0 Å². The van der Waals surface area contributed by atoms with Gasteiger partial charge in [-0.1, -0.05) is 6.07 Å². The van der Waals surface area contributed by atoms with Crippen LogP contribution in [0.3, 0.4) is 0 Å². The number of amides is 2. The summed E-state index contributed by atoms with van der Waals surface area (Å²) < 4.78 is 7.16. The number of alkyl carbamates (subject to hydrolysis) is 1. The lowest BCUT2D eigenvalue weighted by atomic mass is 10.1. The number of benzene rings is 2. The van der Waals surface area contributed by atoms with Gasteiger partial charge < -0.3 is 26.4 Å². The zero-order chi connectivity index (χ0) is 27.4. The minimum Gasteiger partial charge on any atom is -0.444 e. The third kappa shape index (κ3) is 6.28. The third-order valence-corrected chi connectivity index (χ3v) is 5.77. The lowest BCUT2D eigenvalue weighted by Crippen LogP contribution is -2.33. The number of fused-ring (bicyclic) bond motifs is 3. The fourth-order valence-electron chi connectivity index (χ4n) is 3.99. The predicted molar refractivity (Wildman–Crippen MR) is 149 cm³/mol. The average molecular weight is 519 g/mol. The van der Waals surface area contributed by atoms with Crippen molar-refractivity contribution >= 4 is 45.9 Å². The number of aryl methyl sites for hydroxylation is 2. The number of carbonyl (C=O) groups is 2. The Morgan fingerprint density at radius 3 is 2.53 bits per heavy atom. The summed E-state index contributed by atoms with van der Waals surface area (Å²) in [5.41, 5.74) is 10.1. The van der Waals surface area contributed by atoms with Gasteiger partial charge in [-0.3, -0.25) is 9.20 Å². The van der Waals surface area contributed by atoms with Gasteiger partial charge in [0.2, 0.25) is 5.65 Å². The van der Waals surface area contributed by atoms with Gasteiger partial charge in [0.05, 0.1) is 22.4 Å². The molecule has 0 spiro atoms. The van der Waals surface area contributed by atoms with Gasteiger partial charge in [-0.05, 0) is 83.4 Å². The van der Waals surface area contributed by atoms with Gasteiger partial charge in [0, 0.05) is 18.7 Å². The van der Waals surface area contributed by atoms with E-state index in [4.69, 9.17) is 15.5 Å². The van der Waals surface area contributed by atoms with Crippen molar-refractivity contribution < 1.29 is 14.3 Å². The largest absolute Gasteiger partial charge is 0.444 e. The maximum absolute atomic E-state index is 13.0. The summed E-state index contributed by atoms with van der Waals surface area (Å²) in [5, 5.41) is 17.5. The summed E-state index contributed by atoms with van der Waals surface area (Å²) in [6.45, 7) is 10.4. The Labute approximate surface area is 221 Å². The number of nitrogens with one attached hydrogen (secondary N) is 3. The van der Waals surface area contributed by atoms with Crippen molar-refractivity contribution in [3.63, 3.8) is 0 Å². The van der Waals surface area contributed by atoms with Crippen molar-refractivity contribution in [2.24, 2.45) is 0 Å². The molecular weight excluding hydrogens is 484 g/mol. The molecule has 11 nitrogen and oxygen atoms in total. The number of unbranched alkanes of at least 4 members (excludes halogenated alkanes) is 1. The number of nitrogen functional groups attached to an aromatic ring is 1. The van der Waals surface area contributed by atoms with Crippen LogP contribution in [-0.2, 0) is 4.74 Å². The lowest BCUT2D eigenvalue weighted by Gasteiger charge is -2.19. The molecule has 0 radical (unpaired) electrons. The van der Waals surface area contributed by atoms with Crippen LogP contribution in [-0.4, -0.2) is 50.3 Å². The second kappa shape index (κ2) is 10.9. The summed E-state index contributed by atoms with van der Waals surface area (Å²) in [4.78, 5) is 29.5. The van der Waals surface area contributed by atoms with E-state index in [0.717, 1.165) is 23.9 Å². The highest BCUT2D eigenvalue weighted by molar-refractivity contribution is 6.07. The van der Waals surface area contributed by atoms with E-state index in [2.05, 4.69) is 26.1 Å². The number of carbonyl (C=O) groups excluding carboxylic acids is 2. The summed E-state index contributed by atoms with van der Waals surface area (Å²) in [5.74, 6) is 0.997. The number of anilines is 3. The fourth-order valence-corrected chi connectivity index (χ4v) is 3.99. The first kappa shape index (κ1) is 26.6. The number of nitrogens with zero attached hydrogens (tertiary/aromatic N) is 4. The minimum absolute atomic E-state index is 0.281. The minimum atomic E-state index is -0.524. The Morgan fingerprint density at radius 1 is 1.03 bits per heavy atom. The van der Waals surface area contributed by atoms with Crippen LogP contribution in [0.15, 0.2) is 36.4 Å². The molecule has 4 rings (SSSR count). The Bertz CT molecular complexity index is 1490. The van der Waals surface area contributed by atoms with Crippen LogP contribution >= 0.6 is 0 Å². The average Bonchev–Trinajstić information content (AvgIpc) is 3.23. The summed E-state index contributed by atoms with van der Waals surface area (Å²) in [6.07, 6.45) is 1.12. The van der Waals surface area contributed by atoms with E-state index in [1.807, 2.05) is 57.2 Å². The van der Waals surface area contributed by atoms with Crippen LogP contribution in [0.5, 0.6) is 0 Å². The molecule has 11 heteroatoms. The van der Waals surface area contributed by atoms with E-state index < -0.39 is 11.7 Å². The predicted octanol–water partition coefficient (Wildman–Crippen LogP) is 4.45. The molecule has 0 aliphatic heterocycles. The molecular formula is C27H34N8O3. The van der Waals surface area contributed by atoms with Gasteiger partial charge in [-0.15, -0.1) is 10.2 Å². The first-order valence-electron chi connectivity index (χ1n) is 12.6. The third-order valence-electron chi connectivity index (χ3n) is 5.77. The number of hydrogen-bond donors (Lipinski definition) is 4. The van der Waals surface area contributed by atoms with E-state index in [9.17, 15) is 9.59 Å². The van der Waals surface area contributed by atoms with E-state index >= 15 is 0 Å². The molecule has 2 amide bonds. The molecule has 2 aromatic carbocycles. The molecule has 0 fully saturated rings. The molecule has 0 saturated heterocycles. The number of aromatic nitrogens is 4. The van der Waals surface area contributed by atoms with Crippen LogP contribution in [0, 0.1) is 13.8 Å².